The molecule has 77 heavy (non-hydrogen) atoms. The predicted octanol–water partition coefficient (Wildman–Crippen LogP) is 4.32. The lowest BCUT2D eigenvalue weighted by Gasteiger charge is -2.43. The number of aliphatic hydroxyl groups is 2. The maximum absolute atomic E-state index is 13.0. The molecule has 5 heterocycles. The number of carboxylic acid groups (broad SMARTS) is 1. The number of aliphatic carboxylic acids is 1. The fraction of sp³-hybridized carbons (Fsp3) is 0.446. The second kappa shape index (κ2) is 26.0. The highest BCUT2D eigenvalue weighted by molar-refractivity contribution is 8.00. The molecule has 3 aliphatic heterocycles. The lowest BCUT2D eigenvalue weighted by atomic mass is 9.89. The molecule has 9 rings (SSSR count). The van der Waals surface area contributed by atoms with Crippen LogP contribution in [0.15, 0.2) is 103 Å². The number of carbonyl (C=O) groups excluding carboxylic acids is 5. The lowest BCUT2D eigenvalue weighted by Crippen LogP contribution is -2.63. The number of hydrogen-bond donors (Lipinski definition) is 8. The van der Waals surface area contributed by atoms with E-state index in [1.807, 2.05) is 72.4 Å². The van der Waals surface area contributed by atoms with Gasteiger partial charge >= 0.3 is 12.0 Å². The molecule has 4 fully saturated rings. The van der Waals surface area contributed by atoms with Crippen LogP contribution in [0.2, 0.25) is 0 Å². The van der Waals surface area contributed by atoms with Gasteiger partial charge in [-0.2, -0.15) is 11.8 Å². The van der Waals surface area contributed by atoms with E-state index in [1.165, 1.54) is 10.9 Å². The smallest absolute Gasteiger partial charge is 0.315 e. The first-order valence-corrected chi connectivity index (χ1v) is 27.4. The Morgan fingerprint density at radius 1 is 0.909 bits per heavy atom. The summed E-state index contributed by atoms with van der Waals surface area (Å²) in [5, 5.41) is 57.1. The number of allylic oxidation sites excluding steroid dienone is 1. The van der Waals surface area contributed by atoms with Crippen molar-refractivity contribution in [3.05, 3.63) is 126 Å². The molecular weight excluding hydrogens is 1010 g/mol. The molecule has 0 bridgehead atoms. The summed E-state index contributed by atoms with van der Waals surface area (Å²) in [6, 6.07) is 22.7. The largest absolute Gasteiger partial charge is 0.481 e. The molecule has 10 atom stereocenters. The van der Waals surface area contributed by atoms with E-state index in [4.69, 9.17) is 9.47 Å². The van der Waals surface area contributed by atoms with Crippen molar-refractivity contribution < 1.29 is 53.6 Å². The van der Waals surface area contributed by atoms with Gasteiger partial charge in [-0.3, -0.25) is 29.0 Å². The number of urea groups is 1. The summed E-state index contributed by atoms with van der Waals surface area (Å²) in [5.74, 6) is -0.941. The quantitative estimate of drug-likeness (QED) is 0.0175. The third-order valence-corrected chi connectivity index (χ3v) is 16.3. The topological polar surface area (TPSA) is 285 Å². The lowest BCUT2D eigenvalue weighted by molar-refractivity contribution is -0.268. The molecule has 20 nitrogen and oxygen atoms in total. The molecule has 8 N–H and O–H groups in total. The minimum absolute atomic E-state index is 0.0110. The summed E-state index contributed by atoms with van der Waals surface area (Å²) in [6.45, 7) is 0.970. The van der Waals surface area contributed by atoms with Gasteiger partial charge in [-0.1, -0.05) is 90.5 Å². The van der Waals surface area contributed by atoms with E-state index in [1.54, 1.807) is 36.5 Å². The molecule has 0 radical (unpaired) electrons. The van der Waals surface area contributed by atoms with Gasteiger partial charge in [0.15, 0.2) is 12.1 Å². The van der Waals surface area contributed by atoms with Crippen molar-refractivity contribution in [3.8, 4) is 11.3 Å². The number of hydrogen-bond acceptors (Lipinski definition) is 15. The van der Waals surface area contributed by atoms with Crippen LogP contribution in [0.3, 0.4) is 0 Å². The summed E-state index contributed by atoms with van der Waals surface area (Å²) in [5.41, 5.74) is 4.11. The Kier molecular flexibility index (Phi) is 18.5. The number of amides is 4. The van der Waals surface area contributed by atoms with Gasteiger partial charge < -0.3 is 51.4 Å². The molecule has 406 valence electrons. The Bertz CT molecular complexity index is 2920. The van der Waals surface area contributed by atoms with E-state index in [-0.39, 0.29) is 92.5 Å². The molecule has 3 aromatic carbocycles. The SMILES string of the molecule is O=C(O)C[C@H]1CCC(=O)[C@@H]1C/C=C\CCO[C@@H]1O[C@H](Cn2cc(-c3ccc4cc(C(=O)NCCNC(=O)CCCC[C@@H]5SC[C@@H]6NC(=O)N[C@@H]65)cnc4c3)nn2)[C@H](O)[C@H](O)[C@H]1NCc1ccc(C(=O)c2ccccc2)cc1. The van der Waals surface area contributed by atoms with Gasteiger partial charge in [-0.05, 0) is 55.7 Å². The van der Waals surface area contributed by atoms with Crippen LogP contribution in [-0.4, -0.2) is 144 Å². The van der Waals surface area contributed by atoms with Crippen LogP contribution >= 0.6 is 11.8 Å². The summed E-state index contributed by atoms with van der Waals surface area (Å²) >= 11 is 1.86. The van der Waals surface area contributed by atoms with E-state index < -0.39 is 36.6 Å². The van der Waals surface area contributed by atoms with Crippen molar-refractivity contribution in [1.82, 2.24) is 46.6 Å². The number of nitrogens with one attached hydrogen (secondary N) is 5. The number of rotatable bonds is 25. The third kappa shape index (κ3) is 14.2. The van der Waals surface area contributed by atoms with Crippen molar-refractivity contribution in [3.63, 3.8) is 0 Å². The van der Waals surface area contributed by atoms with Crippen molar-refractivity contribution in [2.45, 2.75) is 119 Å². The zero-order valence-corrected chi connectivity index (χ0v) is 43.3. The average molecular weight is 1070 g/mol. The maximum atomic E-state index is 13.0. The van der Waals surface area contributed by atoms with Gasteiger partial charge in [-0.15, -0.1) is 5.10 Å². The number of ketones is 2. The minimum Gasteiger partial charge on any atom is -0.481 e. The summed E-state index contributed by atoms with van der Waals surface area (Å²) in [4.78, 5) is 78.5. The van der Waals surface area contributed by atoms with Crippen molar-refractivity contribution in [1.29, 1.82) is 0 Å². The molecule has 5 aromatic rings. The highest BCUT2D eigenvalue weighted by Crippen LogP contribution is 2.35. The van der Waals surface area contributed by atoms with E-state index in [0.717, 1.165) is 36.0 Å². The highest BCUT2D eigenvalue weighted by atomic mass is 32.2. The Morgan fingerprint density at radius 3 is 2.53 bits per heavy atom. The Hall–Kier alpha value is -6.88. The maximum Gasteiger partial charge on any atom is 0.315 e. The standard InChI is InChI=1S/C56H65N9O11S/c66-44-21-20-36(27-48(68)69)40(44)11-5-2-8-24-75-55-50(60-28-33-14-16-35(17-15-33)51(70)34-9-3-1-4-10-34)53(72)52(71)45(76-55)31-65-30-42(63-64-65)38-19-18-37-25-39(29-59-41(37)26-38)54(73)58-23-22-57-47(67)13-7-6-12-46-49-43(32-77-46)61-56(74)62-49/h1-5,9-10,14-19,25-26,29-30,36,40,43,45-46,49-50,52-53,55,60,71-72H,6-8,11-13,20-24,27-28,31-32H2,(H,57,67)(H,58,73)(H,68,69)(H2,61,62,74)/b5-2-/t36-,40-,43+,45-,46+,49+,50-,52+,53-,55-/m1/s1. The number of fused-ring (bicyclic) bond motifs is 2. The van der Waals surface area contributed by atoms with Gasteiger partial charge in [0.2, 0.25) is 5.91 Å². The molecule has 4 amide bonds. The van der Waals surface area contributed by atoms with Crippen LogP contribution in [0, 0.1) is 11.8 Å². The predicted molar refractivity (Wildman–Crippen MR) is 285 cm³/mol. The number of carboxylic acids is 1. The second-order valence-electron chi connectivity index (χ2n) is 20.1. The molecule has 3 saturated heterocycles. The van der Waals surface area contributed by atoms with Gasteiger partial charge in [-0.25, -0.2) is 9.48 Å². The van der Waals surface area contributed by atoms with Crippen molar-refractivity contribution >= 4 is 58.0 Å². The van der Waals surface area contributed by atoms with Crippen LogP contribution in [0.4, 0.5) is 4.79 Å². The van der Waals surface area contributed by atoms with Crippen LogP contribution in [-0.2, 0) is 36.9 Å². The molecule has 21 heteroatoms. The number of aromatic nitrogens is 4. The zero-order chi connectivity index (χ0) is 53.8. The number of aliphatic hydroxyl groups excluding tert-OH is 2. The van der Waals surface area contributed by atoms with Crippen LogP contribution in [0.25, 0.3) is 22.2 Å². The number of ether oxygens (including phenoxy) is 2. The number of Topliss-reactive ketones (excluding diaryl/α,β-unsaturated/α-hetero) is 1. The first-order valence-electron chi connectivity index (χ1n) is 26.4. The third-order valence-electron chi connectivity index (χ3n) is 14.8. The summed E-state index contributed by atoms with van der Waals surface area (Å²) in [7, 11) is 0. The molecule has 1 saturated carbocycles. The van der Waals surface area contributed by atoms with E-state index >= 15 is 0 Å². The first kappa shape index (κ1) is 54.9. The van der Waals surface area contributed by atoms with Crippen LogP contribution < -0.4 is 26.6 Å². The molecule has 4 aliphatic rings. The normalized spacial score (nSPS) is 24.9. The molecule has 1 aliphatic carbocycles. The fourth-order valence-corrected chi connectivity index (χ4v) is 12.1. The van der Waals surface area contributed by atoms with Gasteiger partial charge in [0.05, 0.1) is 48.6 Å². The minimum atomic E-state index is -1.36. The number of unbranched alkanes of at least 4 members (excludes halogenated alkanes) is 1. The van der Waals surface area contributed by atoms with Crippen molar-refractivity contribution in [2.24, 2.45) is 11.8 Å². The highest BCUT2D eigenvalue weighted by Gasteiger charge is 2.46. The monoisotopic (exact) mass is 1070 g/mol. The van der Waals surface area contributed by atoms with Gasteiger partial charge in [0, 0.05) is 84.1 Å². The molecule has 2 aromatic heterocycles. The molecule has 0 unspecified atom stereocenters. The average Bonchev–Trinajstić information content (AvgIpc) is 4.24. The Labute approximate surface area is 449 Å². The second-order valence-corrected chi connectivity index (χ2v) is 21.4. The van der Waals surface area contributed by atoms with Crippen LogP contribution in [0.1, 0.15) is 89.6 Å². The Balaban J connectivity index is 0.766. The van der Waals surface area contributed by atoms with Crippen LogP contribution in [0.5, 0.6) is 0 Å². The number of thioether (sulfide) groups is 1. The zero-order valence-electron chi connectivity index (χ0n) is 42.5. The first-order chi connectivity index (χ1) is 37.4. The summed E-state index contributed by atoms with van der Waals surface area (Å²) in [6.07, 6.45) is 7.00. The molecular formula is C56H65N9O11S. The fourth-order valence-electron chi connectivity index (χ4n) is 10.5. The van der Waals surface area contributed by atoms with Gasteiger partial charge in [0.25, 0.3) is 5.91 Å². The Morgan fingerprint density at radius 2 is 1.71 bits per heavy atom. The number of pyridine rings is 1. The van der Waals surface area contributed by atoms with Gasteiger partial charge in [0.1, 0.15) is 29.8 Å². The number of carbonyl (C=O) groups is 6. The molecule has 0 spiro atoms. The van der Waals surface area contributed by atoms with E-state index in [2.05, 4.69) is 41.9 Å². The van der Waals surface area contributed by atoms with E-state index in [0.29, 0.717) is 70.8 Å². The van der Waals surface area contributed by atoms with E-state index in [9.17, 15) is 44.1 Å². The van der Waals surface area contributed by atoms with Crippen molar-refractivity contribution in [2.75, 3.05) is 25.4 Å². The number of nitrogens with zero attached hydrogens (tertiary/aromatic N) is 4. The summed E-state index contributed by atoms with van der Waals surface area (Å²) < 4.78 is 14.2. The number of benzene rings is 3.